The van der Waals surface area contributed by atoms with Gasteiger partial charge in [0.05, 0.1) is 5.41 Å². The number of aliphatic carboxylic acids is 1. The Labute approximate surface area is 106 Å². The van der Waals surface area contributed by atoms with E-state index in [0.717, 1.165) is 22.9 Å². The molecule has 0 atom stereocenters. The van der Waals surface area contributed by atoms with Crippen molar-refractivity contribution in [2.75, 3.05) is 5.75 Å². The number of nitrogens with zero attached hydrogens (tertiary/aromatic N) is 2. The molecule has 1 rings (SSSR count). The molecule has 4 nitrogen and oxygen atoms in total. The first-order valence-corrected chi connectivity index (χ1v) is 6.55. The average molecular weight is 254 g/mol. The van der Waals surface area contributed by atoms with Gasteiger partial charge >= 0.3 is 5.97 Å². The second kappa shape index (κ2) is 6.00. The van der Waals surface area contributed by atoms with E-state index in [-0.39, 0.29) is 0 Å². The molecule has 0 unspecified atom stereocenters. The van der Waals surface area contributed by atoms with Gasteiger partial charge in [-0.05, 0) is 39.2 Å². The lowest BCUT2D eigenvalue weighted by Crippen LogP contribution is -2.23. The number of carboxylic acids is 1. The zero-order valence-electron chi connectivity index (χ0n) is 10.4. The summed E-state index contributed by atoms with van der Waals surface area (Å²) in [6, 6.07) is 0. The minimum atomic E-state index is -0.742. The molecule has 1 N–H and O–H groups in total. The third-order valence-corrected chi connectivity index (χ3v) is 3.48. The molecule has 17 heavy (non-hydrogen) atoms. The van der Waals surface area contributed by atoms with Gasteiger partial charge in [-0.2, -0.15) is 0 Å². The lowest BCUT2D eigenvalue weighted by molar-refractivity contribution is -0.147. The molecule has 94 valence electrons. The van der Waals surface area contributed by atoms with Crippen LogP contribution in [0.2, 0.25) is 0 Å². The van der Waals surface area contributed by atoms with Crippen LogP contribution in [0.5, 0.6) is 0 Å². The van der Waals surface area contributed by atoms with Crippen molar-refractivity contribution in [1.29, 1.82) is 0 Å². The molecule has 0 aliphatic carbocycles. The van der Waals surface area contributed by atoms with Crippen LogP contribution in [0.1, 0.15) is 32.3 Å². The largest absolute Gasteiger partial charge is 0.481 e. The molecule has 5 heteroatoms. The highest BCUT2D eigenvalue weighted by molar-refractivity contribution is 7.99. The highest BCUT2D eigenvalue weighted by Crippen LogP contribution is 2.24. The lowest BCUT2D eigenvalue weighted by atomic mass is 9.88. The number of aryl methyl sites for hydroxylation is 1. The van der Waals surface area contributed by atoms with Crippen molar-refractivity contribution in [3.8, 4) is 0 Å². The summed E-state index contributed by atoms with van der Waals surface area (Å²) in [6.45, 7) is 5.45. The maximum atomic E-state index is 10.9. The van der Waals surface area contributed by atoms with Gasteiger partial charge in [0.25, 0.3) is 0 Å². The Morgan fingerprint density at radius 2 is 2.00 bits per heavy atom. The topological polar surface area (TPSA) is 63.1 Å². The Morgan fingerprint density at radius 3 is 2.53 bits per heavy atom. The van der Waals surface area contributed by atoms with Crippen LogP contribution in [-0.2, 0) is 4.79 Å². The molecule has 1 aromatic rings. The number of carboxylic acid groups (broad SMARTS) is 1. The summed E-state index contributed by atoms with van der Waals surface area (Å²) >= 11 is 1.57. The van der Waals surface area contributed by atoms with Crippen LogP contribution >= 0.6 is 11.8 Å². The van der Waals surface area contributed by atoms with Crippen LogP contribution in [0.15, 0.2) is 17.6 Å². The first kappa shape index (κ1) is 14.0. The fourth-order valence-electron chi connectivity index (χ4n) is 1.24. The molecular formula is C12H18N2O2S. The summed E-state index contributed by atoms with van der Waals surface area (Å²) in [5, 5.41) is 9.71. The monoisotopic (exact) mass is 254 g/mol. The van der Waals surface area contributed by atoms with E-state index < -0.39 is 11.4 Å². The van der Waals surface area contributed by atoms with Crippen molar-refractivity contribution in [3.05, 3.63) is 18.0 Å². The van der Waals surface area contributed by atoms with E-state index in [1.807, 2.05) is 6.92 Å². The Bertz CT molecular complexity index is 377. The third-order valence-electron chi connectivity index (χ3n) is 2.51. The van der Waals surface area contributed by atoms with E-state index in [2.05, 4.69) is 9.97 Å². The van der Waals surface area contributed by atoms with Crippen molar-refractivity contribution < 1.29 is 9.90 Å². The quantitative estimate of drug-likeness (QED) is 0.480. The van der Waals surface area contributed by atoms with E-state index in [1.165, 1.54) is 0 Å². The second-order valence-corrected chi connectivity index (χ2v) is 5.75. The van der Waals surface area contributed by atoms with Gasteiger partial charge in [0.1, 0.15) is 0 Å². The molecule has 1 aromatic heterocycles. The van der Waals surface area contributed by atoms with Gasteiger partial charge < -0.3 is 5.11 Å². The molecule has 0 saturated heterocycles. The molecule has 0 aliphatic rings. The normalized spacial score (nSPS) is 11.5. The highest BCUT2D eigenvalue weighted by Gasteiger charge is 2.26. The van der Waals surface area contributed by atoms with Crippen LogP contribution in [0, 0.1) is 12.3 Å². The first-order valence-electron chi connectivity index (χ1n) is 5.57. The Morgan fingerprint density at radius 1 is 1.41 bits per heavy atom. The number of aromatic nitrogens is 2. The summed E-state index contributed by atoms with van der Waals surface area (Å²) in [5.41, 5.74) is 0.399. The van der Waals surface area contributed by atoms with E-state index >= 15 is 0 Å². The number of carbonyl (C=O) groups is 1. The maximum Gasteiger partial charge on any atom is 0.309 e. The van der Waals surface area contributed by atoms with Crippen LogP contribution in [0.4, 0.5) is 0 Å². The zero-order valence-corrected chi connectivity index (χ0v) is 11.3. The van der Waals surface area contributed by atoms with Crippen molar-refractivity contribution in [1.82, 2.24) is 9.97 Å². The van der Waals surface area contributed by atoms with Gasteiger partial charge in [0, 0.05) is 18.1 Å². The van der Waals surface area contributed by atoms with Gasteiger partial charge in [-0.3, -0.25) is 4.79 Å². The van der Waals surface area contributed by atoms with E-state index in [9.17, 15) is 4.79 Å². The molecule has 0 radical (unpaired) electrons. The van der Waals surface area contributed by atoms with Crippen molar-refractivity contribution in [3.63, 3.8) is 0 Å². The highest BCUT2D eigenvalue weighted by atomic mass is 32.2. The average Bonchev–Trinajstić information content (AvgIpc) is 2.26. The third kappa shape index (κ3) is 4.73. The minimum Gasteiger partial charge on any atom is -0.481 e. The number of thioether (sulfide) groups is 1. The summed E-state index contributed by atoms with van der Waals surface area (Å²) in [6.07, 6.45) is 5.09. The lowest BCUT2D eigenvalue weighted by Gasteiger charge is -2.18. The van der Waals surface area contributed by atoms with Gasteiger partial charge in [0.15, 0.2) is 5.16 Å². The predicted octanol–water partition coefficient (Wildman–Crippen LogP) is 2.77. The minimum absolute atomic E-state index is 0.644. The number of rotatable bonds is 6. The van der Waals surface area contributed by atoms with Crippen molar-refractivity contribution in [2.24, 2.45) is 5.41 Å². The summed E-state index contributed by atoms with van der Waals surface area (Å²) in [4.78, 5) is 19.3. The molecule has 0 fully saturated rings. The van der Waals surface area contributed by atoms with Crippen LogP contribution in [0.25, 0.3) is 0 Å². The van der Waals surface area contributed by atoms with Gasteiger partial charge in [0.2, 0.25) is 0 Å². The molecule has 0 aliphatic heterocycles. The SMILES string of the molecule is Cc1cnc(SCCCC(C)(C)C(=O)O)nc1. The Balaban J connectivity index is 2.29. The van der Waals surface area contributed by atoms with Crippen LogP contribution < -0.4 is 0 Å². The fraction of sp³-hybridized carbons (Fsp3) is 0.583. The van der Waals surface area contributed by atoms with E-state index in [1.54, 1.807) is 38.0 Å². The van der Waals surface area contributed by atoms with Gasteiger partial charge in [-0.25, -0.2) is 9.97 Å². The molecule has 0 aromatic carbocycles. The first-order chi connectivity index (χ1) is 7.92. The second-order valence-electron chi connectivity index (χ2n) is 4.68. The Hall–Kier alpha value is -1.10. The van der Waals surface area contributed by atoms with E-state index in [0.29, 0.717) is 6.42 Å². The van der Waals surface area contributed by atoms with Crippen LogP contribution in [0.3, 0.4) is 0 Å². The van der Waals surface area contributed by atoms with Gasteiger partial charge in [-0.1, -0.05) is 11.8 Å². The Kier molecular flexibility index (Phi) is 4.93. The predicted molar refractivity (Wildman–Crippen MR) is 68.1 cm³/mol. The summed E-state index contributed by atoms with van der Waals surface area (Å²) < 4.78 is 0. The van der Waals surface area contributed by atoms with Gasteiger partial charge in [-0.15, -0.1) is 0 Å². The fourth-order valence-corrected chi connectivity index (χ4v) is 1.97. The molecule has 0 spiro atoms. The molecule has 0 bridgehead atoms. The van der Waals surface area contributed by atoms with Crippen LogP contribution in [-0.4, -0.2) is 26.8 Å². The van der Waals surface area contributed by atoms with Crippen molar-refractivity contribution >= 4 is 17.7 Å². The summed E-state index contributed by atoms with van der Waals surface area (Å²) in [7, 11) is 0. The molecular weight excluding hydrogens is 236 g/mol. The maximum absolute atomic E-state index is 10.9. The number of hydrogen-bond acceptors (Lipinski definition) is 4. The van der Waals surface area contributed by atoms with E-state index in [4.69, 9.17) is 5.11 Å². The molecule has 1 heterocycles. The molecule has 0 amide bonds. The standard InChI is InChI=1S/C12H18N2O2S/c1-9-7-13-11(14-8-9)17-6-4-5-12(2,3)10(15)16/h7-8H,4-6H2,1-3H3,(H,15,16). The smallest absolute Gasteiger partial charge is 0.309 e. The molecule has 0 saturated carbocycles. The zero-order chi connectivity index (χ0) is 12.9. The number of hydrogen-bond donors (Lipinski definition) is 1. The summed E-state index contributed by atoms with van der Waals surface area (Å²) in [5.74, 6) is 0.105. The van der Waals surface area contributed by atoms with Crippen molar-refractivity contribution in [2.45, 2.75) is 38.8 Å².